The summed E-state index contributed by atoms with van der Waals surface area (Å²) in [6.07, 6.45) is 14.1. The standard InChI is InChI=1S/C56H49NO/c1-35(2)37-25-27-41(28-26-37)57(52-24-14-23-46-45-22-13-21-43(53(45)58-54(46)52)38-17-9-8-10-18-38)42-29-30-44-48-34-50-47(33-51(48)56(6,7)49(44)32-42)39-19-11-15-36(3)16-12-20-40(31-39)55(50,4)5/h8-30,32-35H,3,31H2,1-2,4-7H3/b15-11-,16-12-,39-19+,40-20+. The number of nitrogens with zero attached hydrogens (tertiary/aromatic N) is 1. The Bertz CT molecular complexity index is 2940. The predicted octanol–water partition coefficient (Wildman–Crippen LogP) is 15.8. The number of fused-ring (bicyclic) bond motifs is 10. The second-order valence-electron chi connectivity index (χ2n) is 17.7. The van der Waals surface area contributed by atoms with Crippen LogP contribution in [0.2, 0.25) is 0 Å². The van der Waals surface area contributed by atoms with Gasteiger partial charge in [-0.1, -0.05) is 169 Å². The second kappa shape index (κ2) is 13.4. The zero-order valence-electron chi connectivity index (χ0n) is 34.4. The highest BCUT2D eigenvalue weighted by molar-refractivity contribution is 6.13. The molecular formula is C56H49NO. The van der Waals surface area contributed by atoms with Crippen LogP contribution in [0.3, 0.4) is 0 Å². The van der Waals surface area contributed by atoms with E-state index in [1.54, 1.807) is 0 Å². The molecule has 0 saturated carbocycles. The van der Waals surface area contributed by atoms with E-state index in [2.05, 4.69) is 211 Å². The van der Waals surface area contributed by atoms with Crippen LogP contribution in [0.5, 0.6) is 0 Å². The van der Waals surface area contributed by atoms with Crippen LogP contribution in [0, 0.1) is 0 Å². The molecule has 7 aromatic rings. The smallest absolute Gasteiger partial charge is 0.159 e. The molecule has 284 valence electrons. The van der Waals surface area contributed by atoms with Gasteiger partial charge in [-0.05, 0) is 110 Å². The average molecular weight is 752 g/mol. The molecule has 2 nitrogen and oxygen atoms in total. The molecule has 0 saturated heterocycles. The highest BCUT2D eigenvalue weighted by atomic mass is 16.3. The van der Waals surface area contributed by atoms with E-state index in [-0.39, 0.29) is 10.8 Å². The average Bonchev–Trinajstić information content (AvgIpc) is 3.72. The van der Waals surface area contributed by atoms with Gasteiger partial charge in [0, 0.05) is 38.5 Å². The van der Waals surface area contributed by atoms with E-state index in [0.717, 1.165) is 62.1 Å². The number of hydrogen-bond donors (Lipinski definition) is 0. The largest absolute Gasteiger partial charge is 0.453 e. The summed E-state index contributed by atoms with van der Waals surface area (Å²) < 4.78 is 7.02. The van der Waals surface area contributed by atoms with Crippen molar-refractivity contribution >= 4 is 44.6 Å². The molecule has 2 heteroatoms. The van der Waals surface area contributed by atoms with Gasteiger partial charge in [0.1, 0.15) is 5.58 Å². The van der Waals surface area contributed by atoms with Crippen molar-refractivity contribution in [2.75, 3.05) is 4.90 Å². The third kappa shape index (κ3) is 5.61. The maximum absolute atomic E-state index is 7.02. The van der Waals surface area contributed by atoms with E-state index in [0.29, 0.717) is 5.92 Å². The minimum Gasteiger partial charge on any atom is -0.453 e. The molecule has 3 aliphatic rings. The second-order valence-corrected chi connectivity index (χ2v) is 17.7. The molecule has 1 aromatic heterocycles. The quantitative estimate of drug-likeness (QED) is 0.174. The number of rotatable bonds is 5. The Morgan fingerprint density at radius 2 is 1.24 bits per heavy atom. The van der Waals surface area contributed by atoms with Gasteiger partial charge in [-0.2, -0.15) is 0 Å². The number of anilines is 3. The lowest BCUT2D eigenvalue weighted by atomic mass is 9.66. The van der Waals surface area contributed by atoms with Crippen molar-refractivity contribution in [3.05, 3.63) is 203 Å². The SMILES string of the molecule is C=C1/C=C\C=C2/C/C(=C\C=C/1)C(C)(C)c1cc3c(cc12)C(C)(C)c1cc(N(c2ccc(C(C)C)cc2)c2cccc4c2oc2c(-c5ccccc5)cccc24)ccc1-3. The number of benzene rings is 6. The predicted molar refractivity (Wildman–Crippen MR) is 247 cm³/mol. The fraction of sp³-hybridized carbons (Fsp3) is 0.179. The van der Waals surface area contributed by atoms with Gasteiger partial charge in [-0.15, -0.1) is 0 Å². The summed E-state index contributed by atoms with van der Waals surface area (Å²) in [5, 5.41) is 2.23. The van der Waals surface area contributed by atoms with Crippen LogP contribution in [-0.2, 0) is 10.8 Å². The molecule has 0 spiro atoms. The molecule has 0 atom stereocenters. The summed E-state index contributed by atoms with van der Waals surface area (Å²) in [5.41, 5.74) is 20.2. The molecule has 0 aliphatic heterocycles. The van der Waals surface area contributed by atoms with Crippen LogP contribution in [0.15, 0.2) is 180 Å². The molecule has 0 N–H and O–H groups in total. The molecule has 10 rings (SSSR count). The number of allylic oxidation sites excluding steroid dienone is 9. The maximum atomic E-state index is 7.02. The molecule has 1 heterocycles. The molecule has 0 unspecified atom stereocenters. The van der Waals surface area contributed by atoms with Crippen LogP contribution in [-0.4, -0.2) is 0 Å². The highest BCUT2D eigenvalue weighted by Gasteiger charge is 2.41. The first kappa shape index (κ1) is 36.0. The van der Waals surface area contributed by atoms with Gasteiger partial charge in [0.15, 0.2) is 5.58 Å². The van der Waals surface area contributed by atoms with E-state index in [4.69, 9.17) is 4.42 Å². The Hall–Kier alpha value is -6.38. The van der Waals surface area contributed by atoms with Crippen LogP contribution in [0.1, 0.15) is 81.7 Å². The zero-order chi connectivity index (χ0) is 39.9. The van der Waals surface area contributed by atoms with Gasteiger partial charge in [0.05, 0.1) is 5.69 Å². The first-order valence-corrected chi connectivity index (χ1v) is 20.7. The molecule has 0 radical (unpaired) electrons. The Morgan fingerprint density at radius 1 is 0.586 bits per heavy atom. The van der Waals surface area contributed by atoms with Gasteiger partial charge in [-0.25, -0.2) is 0 Å². The fourth-order valence-corrected chi connectivity index (χ4v) is 9.69. The molecule has 0 amide bonds. The van der Waals surface area contributed by atoms with Crippen molar-refractivity contribution < 1.29 is 4.42 Å². The van der Waals surface area contributed by atoms with E-state index in [1.165, 1.54) is 50.1 Å². The van der Waals surface area contributed by atoms with Crippen LogP contribution in [0.25, 0.3) is 49.8 Å². The molecule has 0 fully saturated rings. The maximum Gasteiger partial charge on any atom is 0.159 e. The normalized spacial score (nSPS) is 19.1. The van der Waals surface area contributed by atoms with Crippen molar-refractivity contribution in [3.8, 4) is 22.3 Å². The third-order valence-corrected chi connectivity index (χ3v) is 13.1. The van der Waals surface area contributed by atoms with Crippen molar-refractivity contribution in [1.82, 2.24) is 0 Å². The monoisotopic (exact) mass is 751 g/mol. The molecule has 3 aliphatic carbocycles. The highest BCUT2D eigenvalue weighted by Crippen LogP contribution is 2.56. The summed E-state index contributed by atoms with van der Waals surface area (Å²) in [4.78, 5) is 2.40. The van der Waals surface area contributed by atoms with Crippen molar-refractivity contribution in [1.29, 1.82) is 0 Å². The van der Waals surface area contributed by atoms with Gasteiger partial charge >= 0.3 is 0 Å². The van der Waals surface area contributed by atoms with Gasteiger partial charge < -0.3 is 9.32 Å². The molecule has 2 bridgehead atoms. The minimum atomic E-state index is -0.220. The number of furan rings is 1. The van der Waals surface area contributed by atoms with Crippen LogP contribution >= 0.6 is 0 Å². The molecule has 58 heavy (non-hydrogen) atoms. The number of hydrogen-bond acceptors (Lipinski definition) is 2. The summed E-state index contributed by atoms with van der Waals surface area (Å²) >= 11 is 0. The molecule has 6 aromatic carbocycles. The van der Waals surface area contributed by atoms with Gasteiger partial charge in [0.25, 0.3) is 0 Å². The van der Waals surface area contributed by atoms with Gasteiger partial charge in [0.2, 0.25) is 0 Å². The van der Waals surface area contributed by atoms with Crippen molar-refractivity contribution in [2.45, 2.75) is 64.7 Å². The minimum absolute atomic E-state index is 0.117. The number of para-hydroxylation sites is 2. The van der Waals surface area contributed by atoms with Crippen molar-refractivity contribution in [3.63, 3.8) is 0 Å². The summed E-state index contributed by atoms with van der Waals surface area (Å²) in [6.45, 7) is 18.3. The summed E-state index contributed by atoms with van der Waals surface area (Å²) in [5.74, 6) is 0.439. The van der Waals surface area contributed by atoms with Crippen LogP contribution in [0.4, 0.5) is 17.1 Å². The van der Waals surface area contributed by atoms with E-state index >= 15 is 0 Å². The Labute approximate surface area is 342 Å². The van der Waals surface area contributed by atoms with E-state index < -0.39 is 0 Å². The topological polar surface area (TPSA) is 16.4 Å². The third-order valence-electron chi connectivity index (χ3n) is 13.1. The van der Waals surface area contributed by atoms with Gasteiger partial charge in [-0.3, -0.25) is 0 Å². The fourth-order valence-electron chi connectivity index (χ4n) is 9.69. The van der Waals surface area contributed by atoms with Crippen LogP contribution < -0.4 is 4.90 Å². The molecular weight excluding hydrogens is 703 g/mol. The van der Waals surface area contributed by atoms with E-state index in [9.17, 15) is 0 Å². The Morgan fingerprint density at radius 3 is 2.00 bits per heavy atom. The summed E-state index contributed by atoms with van der Waals surface area (Å²) in [6, 6.07) is 44.9. The first-order chi connectivity index (χ1) is 28.0. The van der Waals surface area contributed by atoms with E-state index in [1.807, 2.05) is 0 Å². The van der Waals surface area contributed by atoms with Crippen molar-refractivity contribution in [2.24, 2.45) is 0 Å². The zero-order valence-corrected chi connectivity index (χ0v) is 34.4. The first-order valence-electron chi connectivity index (χ1n) is 20.7. The Kier molecular flexibility index (Phi) is 8.29. The lowest BCUT2D eigenvalue weighted by molar-refractivity contribution is 0.596. The lowest BCUT2D eigenvalue weighted by Crippen LogP contribution is -2.27. The Balaban J connectivity index is 1.16. The summed E-state index contributed by atoms with van der Waals surface area (Å²) in [7, 11) is 0. The lowest BCUT2D eigenvalue weighted by Gasteiger charge is -2.38.